The van der Waals surface area contributed by atoms with Crippen molar-refractivity contribution in [2.24, 2.45) is 0 Å². The normalized spacial score (nSPS) is 11.8. The molecule has 0 heterocycles. The van der Waals surface area contributed by atoms with Gasteiger partial charge in [0.2, 0.25) is 11.8 Å². The maximum atomic E-state index is 12.0. The zero-order valence-corrected chi connectivity index (χ0v) is 13.7. The molecule has 0 aromatic heterocycles. The van der Waals surface area contributed by atoms with Crippen molar-refractivity contribution in [1.82, 2.24) is 10.8 Å². The van der Waals surface area contributed by atoms with Crippen LogP contribution in [-0.2, 0) is 19.1 Å². The fourth-order valence-electron chi connectivity index (χ4n) is 1.89. The lowest BCUT2D eigenvalue weighted by Crippen LogP contribution is -2.42. The summed E-state index contributed by atoms with van der Waals surface area (Å²) in [6, 6.07) is 6.62. The van der Waals surface area contributed by atoms with Crippen LogP contribution in [0.4, 0.5) is 0 Å². The highest BCUT2D eigenvalue weighted by Crippen LogP contribution is 2.05. The van der Waals surface area contributed by atoms with Gasteiger partial charge in [0.15, 0.2) is 0 Å². The summed E-state index contributed by atoms with van der Waals surface area (Å²) in [6.45, 7) is 3.78. The predicted molar refractivity (Wildman–Crippen MR) is 87.9 cm³/mol. The average molecular weight is 334 g/mol. The molecule has 0 aliphatic carbocycles. The smallest absolute Gasteiger partial charge is 0.328 e. The van der Waals surface area contributed by atoms with E-state index in [9.17, 15) is 14.4 Å². The minimum Gasteiger partial charge on any atom is -0.464 e. The Kier molecular flexibility index (Phi) is 8.21. The van der Waals surface area contributed by atoms with Crippen molar-refractivity contribution in [3.8, 4) is 0 Å². The Bertz CT molecular complexity index is 596. The van der Waals surface area contributed by atoms with Crippen LogP contribution in [0.3, 0.4) is 0 Å². The van der Waals surface area contributed by atoms with Crippen LogP contribution in [0.15, 0.2) is 30.3 Å². The number of carbonyl (C=O) groups excluding carboxylic acids is 3. The molecule has 1 rings (SSSR count). The van der Waals surface area contributed by atoms with E-state index in [1.165, 1.54) is 11.6 Å². The van der Waals surface area contributed by atoms with Gasteiger partial charge in [-0.1, -0.05) is 29.8 Å². The molecule has 1 atom stereocenters. The summed E-state index contributed by atoms with van der Waals surface area (Å²) < 4.78 is 4.87. The molecule has 1 aromatic rings. The highest BCUT2D eigenvalue weighted by Gasteiger charge is 2.22. The van der Waals surface area contributed by atoms with Gasteiger partial charge < -0.3 is 10.1 Å². The zero-order chi connectivity index (χ0) is 17.9. The third-order valence-electron chi connectivity index (χ3n) is 3.18. The van der Waals surface area contributed by atoms with Gasteiger partial charge in [0.1, 0.15) is 6.04 Å². The third kappa shape index (κ3) is 7.06. The Balaban J connectivity index is 2.66. The molecule has 130 valence electrons. The number of hydroxylamine groups is 1. The maximum Gasteiger partial charge on any atom is 0.328 e. The standard InChI is InChI=1S/C17H22N2O5/c1-3-24-17(22)14(9-11-16(21)19-23)18-15(20)10-8-13-6-4-12(2)5-7-13/h4-8,10,14,23H,3,9,11H2,1-2H3,(H,18,20)(H,19,21)/b10-8+/t14-/m0/s1. The predicted octanol–water partition coefficient (Wildman–Crippen LogP) is 1.34. The summed E-state index contributed by atoms with van der Waals surface area (Å²) >= 11 is 0. The van der Waals surface area contributed by atoms with Crippen LogP contribution in [0, 0.1) is 6.92 Å². The summed E-state index contributed by atoms with van der Waals surface area (Å²) in [4.78, 5) is 34.9. The molecule has 2 amide bonds. The molecule has 0 unspecified atom stereocenters. The second-order valence-corrected chi connectivity index (χ2v) is 5.13. The Morgan fingerprint density at radius 2 is 1.92 bits per heavy atom. The summed E-state index contributed by atoms with van der Waals surface area (Å²) in [7, 11) is 0. The van der Waals surface area contributed by atoms with E-state index < -0.39 is 23.8 Å². The minimum atomic E-state index is -0.961. The molecule has 7 heteroatoms. The number of aryl methyl sites for hydroxylation is 1. The lowest BCUT2D eigenvalue weighted by Gasteiger charge is -2.15. The van der Waals surface area contributed by atoms with Gasteiger partial charge in [-0.2, -0.15) is 0 Å². The van der Waals surface area contributed by atoms with E-state index in [2.05, 4.69) is 5.32 Å². The minimum absolute atomic E-state index is 0.0232. The first-order valence-electron chi connectivity index (χ1n) is 7.61. The molecule has 1 aromatic carbocycles. The van der Waals surface area contributed by atoms with E-state index >= 15 is 0 Å². The molecular weight excluding hydrogens is 312 g/mol. The lowest BCUT2D eigenvalue weighted by molar-refractivity contribution is -0.147. The van der Waals surface area contributed by atoms with Crippen LogP contribution in [-0.4, -0.2) is 35.6 Å². The fraction of sp³-hybridized carbons (Fsp3) is 0.353. The number of carbonyl (C=O) groups is 3. The molecule has 7 nitrogen and oxygen atoms in total. The largest absolute Gasteiger partial charge is 0.464 e. The SMILES string of the molecule is CCOC(=O)[C@H](CCC(=O)NO)NC(=O)/C=C/c1ccc(C)cc1. The van der Waals surface area contributed by atoms with Gasteiger partial charge in [-0.25, -0.2) is 10.3 Å². The van der Waals surface area contributed by atoms with Crippen LogP contribution in [0.25, 0.3) is 6.08 Å². The first-order chi connectivity index (χ1) is 11.5. The second kappa shape index (κ2) is 10.2. The van der Waals surface area contributed by atoms with E-state index in [1.807, 2.05) is 31.2 Å². The van der Waals surface area contributed by atoms with Crippen molar-refractivity contribution in [2.75, 3.05) is 6.61 Å². The Hall–Kier alpha value is -2.67. The van der Waals surface area contributed by atoms with E-state index in [0.29, 0.717) is 0 Å². The summed E-state index contributed by atoms with van der Waals surface area (Å²) in [6.07, 6.45) is 2.83. The van der Waals surface area contributed by atoms with Gasteiger partial charge in [0.25, 0.3) is 0 Å². The molecule has 0 aliphatic heterocycles. The number of hydrogen-bond acceptors (Lipinski definition) is 5. The molecule has 0 aliphatic rings. The van der Waals surface area contributed by atoms with Crippen LogP contribution in [0.2, 0.25) is 0 Å². The number of esters is 1. The van der Waals surface area contributed by atoms with Crippen molar-refractivity contribution < 1.29 is 24.3 Å². The van der Waals surface area contributed by atoms with Gasteiger partial charge in [0, 0.05) is 12.5 Å². The van der Waals surface area contributed by atoms with Gasteiger partial charge in [0.05, 0.1) is 6.61 Å². The Morgan fingerprint density at radius 3 is 2.50 bits per heavy atom. The number of ether oxygens (including phenoxy) is 1. The highest BCUT2D eigenvalue weighted by atomic mass is 16.5. The van der Waals surface area contributed by atoms with Crippen LogP contribution < -0.4 is 10.8 Å². The van der Waals surface area contributed by atoms with E-state index in [-0.39, 0.29) is 19.4 Å². The van der Waals surface area contributed by atoms with Crippen molar-refractivity contribution in [1.29, 1.82) is 0 Å². The van der Waals surface area contributed by atoms with E-state index in [0.717, 1.165) is 11.1 Å². The first kappa shape index (κ1) is 19.4. The molecule has 0 radical (unpaired) electrons. The van der Waals surface area contributed by atoms with Gasteiger partial charge in [-0.05, 0) is 31.9 Å². The van der Waals surface area contributed by atoms with Gasteiger partial charge in [-0.3, -0.25) is 14.8 Å². The maximum absolute atomic E-state index is 12.0. The molecule has 0 saturated carbocycles. The second-order valence-electron chi connectivity index (χ2n) is 5.13. The van der Waals surface area contributed by atoms with Crippen molar-refractivity contribution in [3.63, 3.8) is 0 Å². The van der Waals surface area contributed by atoms with Gasteiger partial charge in [-0.15, -0.1) is 0 Å². The number of nitrogens with one attached hydrogen (secondary N) is 2. The quantitative estimate of drug-likeness (QED) is 0.288. The summed E-state index contributed by atoms with van der Waals surface area (Å²) in [5, 5.41) is 11.0. The Morgan fingerprint density at radius 1 is 1.25 bits per heavy atom. The van der Waals surface area contributed by atoms with E-state index in [4.69, 9.17) is 9.94 Å². The van der Waals surface area contributed by atoms with Crippen LogP contribution in [0.1, 0.15) is 30.9 Å². The topological polar surface area (TPSA) is 105 Å². The summed E-state index contributed by atoms with van der Waals surface area (Å²) in [5.41, 5.74) is 3.44. The first-order valence-corrected chi connectivity index (χ1v) is 7.61. The molecule has 24 heavy (non-hydrogen) atoms. The highest BCUT2D eigenvalue weighted by molar-refractivity contribution is 5.94. The van der Waals surface area contributed by atoms with Crippen LogP contribution >= 0.6 is 0 Å². The molecule has 3 N–H and O–H groups in total. The molecular formula is C17H22N2O5. The molecule has 0 fully saturated rings. The Labute approximate surface area is 140 Å². The fourth-order valence-corrected chi connectivity index (χ4v) is 1.89. The lowest BCUT2D eigenvalue weighted by atomic mass is 10.1. The van der Waals surface area contributed by atoms with Gasteiger partial charge >= 0.3 is 5.97 Å². The summed E-state index contributed by atoms with van der Waals surface area (Å²) in [5.74, 6) is -1.74. The molecule has 0 saturated heterocycles. The zero-order valence-electron chi connectivity index (χ0n) is 13.7. The molecule has 0 bridgehead atoms. The third-order valence-corrected chi connectivity index (χ3v) is 3.18. The number of rotatable bonds is 8. The average Bonchev–Trinajstić information content (AvgIpc) is 2.57. The van der Waals surface area contributed by atoms with Crippen molar-refractivity contribution in [2.45, 2.75) is 32.7 Å². The van der Waals surface area contributed by atoms with Crippen molar-refractivity contribution in [3.05, 3.63) is 41.5 Å². The van der Waals surface area contributed by atoms with Crippen molar-refractivity contribution >= 4 is 23.9 Å². The molecule has 0 spiro atoms. The monoisotopic (exact) mass is 334 g/mol. The number of benzene rings is 1. The number of hydrogen-bond donors (Lipinski definition) is 3. The van der Waals surface area contributed by atoms with E-state index in [1.54, 1.807) is 13.0 Å². The van der Waals surface area contributed by atoms with Crippen LogP contribution in [0.5, 0.6) is 0 Å². The number of amides is 2.